The molecule has 0 aliphatic carbocycles. The van der Waals surface area contributed by atoms with Crippen molar-refractivity contribution in [3.63, 3.8) is 0 Å². The van der Waals surface area contributed by atoms with Crippen LogP contribution in [0.5, 0.6) is 0 Å². The van der Waals surface area contributed by atoms with Gasteiger partial charge in [-0.1, -0.05) is 119 Å². The molecular weight excluding hydrogens is 300 g/mol. The molecule has 0 N–H and O–H groups in total. The summed E-state index contributed by atoms with van der Waals surface area (Å²) in [5, 5.41) is 0. The van der Waals surface area contributed by atoms with Crippen molar-refractivity contribution in [3.05, 3.63) is 84.4 Å². The lowest BCUT2D eigenvalue weighted by Crippen LogP contribution is -2.12. The van der Waals surface area contributed by atoms with Gasteiger partial charge in [0.05, 0.1) is 0 Å². The second kappa shape index (κ2) is 11.7. The van der Waals surface area contributed by atoms with Crippen LogP contribution in [0.4, 0.5) is 0 Å². The van der Waals surface area contributed by atoms with E-state index < -0.39 is 0 Å². The Morgan fingerprint density at radius 2 is 1.20 bits per heavy atom. The van der Waals surface area contributed by atoms with E-state index in [1.165, 1.54) is 62.5 Å². The Morgan fingerprint density at radius 3 is 1.68 bits per heavy atom. The van der Waals surface area contributed by atoms with Crippen LogP contribution in [-0.2, 0) is 0 Å². The number of allylic oxidation sites excluding steroid dienone is 1. The lowest BCUT2D eigenvalue weighted by molar-refractivity contribution is 0.480. The largest absolute Gasteiger partial charge is 0.103 e. The predicted molar refractivity (Wildman–Crippen MR) is 111 cm³/mol. The number of hydrogen-bond acceptors (Lipinski definition) is 0. The summed E-state index contributed by atoms with van der Waals surface area (Å²) in [5.41, 5.74) is 2.81. The van der Waals surface area contributed by atoms with Crippen LogP contribution in [0.15, 0.2) is 73.3 Å². The summed E-state index contributed by atoms with van der Waals surface area (Å²) in [5.74, 6) is 0.917. The standard InChI is InChI=1S/C25H34/c1-3-5-6-7-8-9-12-17-22(4-2)25(23-18-13-10-14-19-23)24-20-15-11-16-21-24/h4,10-11,13-16,18-22,25H,2-3,5-9,12,17H2,1H3. The maximum Gasteiger partial charge on any atom is 0.0152 e. The highest BCUT2D eigenvalue weighted by Gasteiger charge is 2.22. The Bertz CT molecular complexity index is 530. The molecule has 0 aromatic heterocycles. The Balaban J connectivity index is 1.98. The third kappa shape index (κ3) is 6.53. The zero-order valence-corrected chi connectivity index (χ0v) is 15.9. The van der Waals surface area contributed by atoms with Gasteiger partial charge in [0, 0.05) is 5.92 Å². The summed E-state index contributed by atoms with van der Waals surface area (Å²) in [7, 11) is 0. The van der Waals surface area contributed by atoms with Crippen LogP contribution in [0.25, 0.3) is 0 Å². The first kappa shape index (κ1) is 19.5. The molecule has 0 aliphatic rings. The van der Waals surface area contributed by atoms with Gasteiger partial charge in [-0.25, -0.2) is 0 Å². The summed E-state index contributed by atoms with van der Waals surface area (Å²) >= 11 is 0. The minimum absolute atomic E-state index is 0.417. The molecule has 0 heteroatoms. The monoisotopic (exact) mass is 334 g/mol. The highest BCUT2D eigenvalue weighted by molar-refractivity contribution is 5.34. The molecule has 2 rings (SSSR count). The Morgan fingerprint density at radius 1 is 0.720 bits per heavy atom. The molecule has 0 amide bonds. The van der Waals surface area contributed by atoms with E-state index in [1.807, 2.05) is 0 Å². The van der Waals surface area contributed by atoms with Crippen LogP contribution in [0.1, 0.15) is 75.3 Å². The highest BCUT2D eigenvalue weighted by Crippen LogP contribution is 2.35. The van der Waals surface area contributed by atoms with E-state index >= 15 is 0 Å². The molecule has 134 valence electrons. The van der Waals surface area contributed by atoms with E-state index in [9.17, 15) is 0 Å². The summed E-state index contributed by atoms with van der Waals surface area (Å²) in [6.45, 7) is 6.45. The third-order valence-electron chi connectivity index (χ3n) is 5.19. The van der Waals surface area contributed by atoms with Gasteiger partial charge in [-0.3, -0.25) is 0 Å². The molecule has 0 heterocycles. The molecule has 25 heavy (non-hydrogen) atoms. The van der Waals surface area contributed by atoms with Gasteiger partial charge in [-0.15, -0.1) is 6.58 Å². The molecule has 0 aliphatic heterocycles. The summed E-state index contributed by atoms with van der Waals surface area (Å²) in [6.07, 6.45) is 13.0. The Labute approximate surface area is 155 Å². The maximum atomic E-state index is 4.17. The zero-order valence-electron chi connectivity index (χ0n) is 15.9. The number of rotatable bonds is 12. The van der Waals surface area contributed by atoms with Crippen LogP contribution in [-0.4, -0.2) is 0 Å². The van der Waals surface area contributed by atoms with E-state index in [1.54, 1.807) is 0 Å². The van der Waals surface area contributed by atoms with Crippen LogP contribution in [0, 0.1) is 5.92 Å². The molecule has 2 aromatic rings. The topological polar surface area (TPSA) is 0 Å². The highest BCUT2D eigenvalue weighted by atomic mass is 14.3. The minimum atomic E-state index is 0.417. The molecule has 0 bridgehead atoms. The molecule has 0 nitrogen and oxygen atoms in total. The van der Waals surface area contributed by atoms with Crippen LogP contribution < -0.4 is 0 Å². The molecule has 0 saturated carbocycles. The summed E-state index contributed by atoms with van der Waals surface area (Å²) in [6, 6.07) is 21.9. The molecule has 1 atom stereocenters. The number of hydrogen-bond donors (Lipinski definition) is 0. The van der Waals surface area contributed by atoms with Gasteiger partial charge in [-0.2, -0.15) is 0 Å². The predicted octanol–water partition coefficient (Wildman–Crippen LogP) is 7.76. The van der Waals surface area contributed by atoms with Crippen molar-refractivity contribution in [2.45, 2.75) is 64.2 Å². The maximum absolute atomic E-state index is 4.17. The molecule has 0 fully saturated rings. The minimum Gasteiger partial charge on any atom is -0.103 e. The first-order valence-corrected chi connectivity index (χ1v) is 10.1. The number of benzene rings is 2. The summed E-state index contributed by atoms with van der Waals surface area (Å²) in [4.78, 5) is 0. The van der Waals surface area contributed by atoms with Crippen molar-refractivity contribution in [2.24, 2.45) is 5.92 Å². The molecule has 0 saturated heterocycles. The summed E-state index contributed by atoms with van der Waals surface area (Å²) < 4.78 is 0. The van der Waals surface area contributed by atoms with E-state index in [4.69, 9.17) is 0 Å². The van der Waals surface area contributed by atoms with Gasteiger partial charge in [0.2, 0.25) is 0 Å². The van der Waals surface area contributed by atoms with Crippen molar-refractivity contribution in [3.8, 4) is 0 Å². The average molecular weight is 335 g/mol. The quantitative estimate of drug-likeness (QED) is 0.275. The zero-order chi connectivity index (χ0) is 17.7. The van der Waals surface area contributed by atoms with Crippen molar-refractivity contribution in [2.75, 3.05) is 0 Å². The van der Waals surface area contributed by atoms with E-state index in [2.05, 4.69) is 80.2 Å². The van der Waals surface area contributed by atoms with Gasteiger partial charge < -0.3 is 0 Å². The fourth-order valence-electron chi connectivity index (χ4n) is 3.77. The van der Waals surface area contributed by atoms with Crippen molar-refractivity contribution in [1.82, 2.24) is 0 Å². The fraction of sp³-hybridized carbons (Fsp3) is 0.440. The second-order valence-electron chi connectivity index (χ2n) is 7.11. The normalized spacial score (nSPS) is 12.2. The molecule has 2 aromatic carbocycles. The van der Waals surface area contributed by atoms with Gasteiger partial charge in [0.15, 0.2) is 0 Å². The van der Waals surface area contributed by atoms with Crippen LogP contribution >= 0.6 is 0 Å². The first-order chi connectivity index (χ1) is 12.4. The van der Waals surface area contributed by atoms with Gasteiger partial charge >= 0.3 is 0 Å². The van der Waals surface area contributed by atoms with Crippen LogP contribution in [0.3, 0.4) is 0 Å². The first-order valence-electron chi connectivity index (χ1n) is 10.1. The third-order valence-corrected chi connectivity index (χ3v) is 5.19. The van der Waals surface area contributed by atoms with Gasteiger partial charge in [-0.05, 0) is 23.5 Å². The van der Waals surface area contributed by atoms with Gasteiger partial charge in [0.1, 0.15) is 0 Å². The SMILES string of the molecule is C=CC(CCCCCCCCC)C(c1ccccc1)c1ccccc1. The molecule has 0 radical (unpaired) electrons. The van der Waals surface area contributed by atoms with Crippen molar-refractivity contribution < 1.29 is 0 Å². The van der Waals surface area contributed by atoms with E-state index in [-0.39, 0.29) is 0 Å². The lowest BCUT2D eigenvalue weighted by Gasteiger charge is -2.26. The molecule has 1 unspecified atom stereocenters. The van der Waals surface area contributed by atoms with E-state index in [0.29, 0.717) is 11.8 Å². The molecular formula is C25H34. The van der Waals surface area contributed by atoms with E-state index in [0.717, 1.165) is 0 Å². The lowest BCUT2D eigenvalue weighted by atomic mass is 9.78. The Kier molecular flexibility index (Phi) is 9.12. The van der Waals surface area contributed by atoms with Gasteiger partial charge in [0.25, 0.3) is 0 Å². The van der Waals surface area contributed by atoms with Crippen LogP contribution in [0.2, 0.25) is 0 Å². The Hall–Kier alpha value is -1.82. The number of unbranched alkanes of at least 4 members (excludes halogenated alkanes) is 6. The smallest absolute Gasteiger partial charge is 0.0152 e. The van der Waals surface area contributed by atoms with Crippen molar-refractivity contribution in [1.29, 1.82) is 0 Å². The fourth-order valence-corrected chi connectivity index (χ4v) is 3.77. The second-order valence-corrected chi connectivity index (χ2v) is 7.11. The molecule has 0 spiro atoms. The van der Waals surface area contributed by atoms with Crippen molar-refractivity contribution >= 4 is 0 Å². The average Bonchev–Trinajstić information content (AvgIpc) is 2.68.